The van der Waals surface area contributed by atoms with E-state index in [1.165, 1.54) is 6.26 Å². The molecule has 2 aromatic rings. The van der Waals surface area contributed by atoms with Crippen LogP contribution in [0.5, 0.6) is 0 Å². The SMILES string of the molecule is CO[C@@H](c1ccc(Cl)cc1)[C@H](C)NC(=O)c1ccoc1I. The highest BCUT2D eigenvalue weighted by Crippen LogP contribution is 2.23. The first-order chi connectivity index (χ1) is 10.0. The zero-order valence-electron chi connectivity index (χ0n) is 11.6. The van der Waals surface area contributed by atoms with Gasteiger partial charge in [0.25, 0.3) is 5.91 Å². The Hall–Kier alpha value is -1.05. The zero-order chi connectivity index (χ0) is 15.4. The van der Waals surface area contributed by atoms with Gasteiger partial charge in [-0.05, 0) is 30.7 Å². The molecule has 0 fully saturated rings. The Bertz CT molecular complexity index is 612. The number of amides is 1. The lowest BCUT2D eigenvalue weighted by Crippen LogP contribution is -2.37. The maximum atomic E-state index is 12.2. The molecular formula is C15H15ClINO3. The van der Waals surface area contributed by atoms with Crippen LogP contribution in [0, 0.1) is 3.77 Å². The molecule has 0 bridgehead atoms. The smallest absolute Gasteiger partial charge is 0.255 e. The van der Waals surface area contributed by atoms with Crippen molar-refractivity contribution in [2.45, 2.75) is 19.1 Å². The summed E-state index contributed by atoms with van der Waals surface area (Å²) in [6.07, 6.45) is 1.24. The summed E-state index contributed by atoms with van der Waals surface area (Å²) in [5.41, 5.74) is 1.48. The van der Waals surface area contributed by atoms with Crippen LogP contribution in [-0.4, -0.2) is 19.1 Å². The van der Waals surface area contributed by atoms with E-state index >= 15 is 0 Å². The van der Waals surface area contributed by atoms with Gasteiger partial charge in [-0.1, -0.05) is 23.7 Å². The van der Waals surface area contributed by atoms with E-state index in [9.17, 15) is 4.79 Å². The normalized spacial score (nSPS) is 13.7. The maximum absolute atomic E-state index is 12.2. The highest BCUT2D eigenvalue weighted by Gasteiger charge is 2.22. The van der Waals surface area contributed by atoms with Gasteiger partial charge in [-0.3, -0.25) is 4.79 Å². The molecule has 1 N–H and O–H groups in total. The number of furan rings is 1. The second-order valence-corrected chi connectivity index (χ2v) is 5.99. The summed E-state index contributed by atoms with van der Waals surface area (Å²) in [5, 5.41) is 3.59. The largest absolute Gasteiger partial charge is 0.458 e. The van der Waals surface area contributed by atoms with Crippen molar-refractivity contribution in [1.29, 1.82) is 0 Å². The van der Waals surface area contributed by atoms with Gasteiger partial charge >= 0.3 is 0 Å². The van der Waals surface area contributed by atoms with Crippen LogP contribution in [0.1, 0.15) is 28.9 Å². The number of carbonyl (C=O) groups is 1. The Morgan fingerprint density at radius 3 is 2.52 bits per heavy atom. The van der Waals surface area contributed by atoms with Gasteiger partial charge < -0.3 is 14.5 Å². The van der Waals surface area contributed by atoms with Crippen LogP contribution < -0.4 is 5.32 Å². The fraction of sp³-hybridized carbons (Fsp3) is 0.267. The minimum Gasteiger partial charge on any atom is -0.458 e. The molecule has 0 saturated heterocycles. The molecule has 0 spiro atoms. The quantitative estimate of drug-likeness (QED) is 0.744. The molecule has 1 aromatic heterocycles. The third kappa shape index (κ3) is 3.99. The van der Waals surface area contributed by atoms with Gasteiger partial charge in [0.1, 0.15) is 6.10 Å². The minimum absolute atomic E-state index is 0.184. The summed E-state index contributed by atoms with van der Waals surface area (Å²) in [5.74, 6) is -0.184. The maximum Gasteiger partial charge on any atom is 0.255 e. The third-order valence-corrected chi connectivity index (χ3v) is 4.22. The van der Waals surface area contributed by atoms with Crippen LogP contribution >= 0.6 is 34.2 Å². The van der Waals surface area contributed by atoms with Crippen molar-refractivity contribution in [2.75, 3.05) is 7.11 Å². The highest BCUT2D eigenvalue weighted by atomic mass is 127. The monoisotopic (exact) mass is 419 g/mol. The van der Waals surface area contributed by atoms with Gasteiger partial charge in [-0.15, -0.1) is 0 Å². The van der Waals surface area contributed by atoms with Gasteiger partial charge in [-0.2, -0.15) is 0 Å². The van der Waals surface area contributed by atoms with E-state index in [-0.39, 0.29) is 18.1 Å². The van der Waals surface area contributed by atoms with Crippen molar-refractivity contribution in [1.82, 2.24) is 5.32 Å². The summed E-state index contributed by atoms with van der Waals surface area (Å²) in [6.45, 7) is 1.90. The van der Waals surface area contributed by atoms with Crippen molar-refractivity contribution in [2.24, 2.45) is 0 Å². The lowest BCUT2D eigenvalue weighted by Gasteiger charge is -2.24. The molecule has 0 saturated carbocycles. The Labute approximate surface area is 141 Å². The summed E-state index contributed by atoms with van der Waals surface area (Å²) >= 11 is 7.87. The van der Waals surface area contributed by atoms with Crippen LogP contribution in [0.25, 0.3) is 0 Å². The second-order valence-electron chi connectivity index (χ2n) is 4.58. The number of halogens is 2. The lowest BCUT2D eigenvalue weighted by molar-refractivity contribution is 0.0644. The van der Waals surface area contributed by atoms with Crippen molar-refractivity contribution in [3.63, 3.8) is 0 Å². The molecule has 2 atom stereocenters. The summed E-state index contributed by atoms with van der Waals surface area (Å²) < 4.78 is 11.2. The number of methoxy groups -OCH3 is 1. The van der Waals surface area contributed by atoms with Crippen molar-refractivity contribution >= 4 is 40.1 Å². The number of hydrogen-bond acceptors (Lipinski definition) is 3. The first-order valence-electron chi connectivity index (χ1n) is 6.35. The van der Waals surface area contributed by atoms with Crippen molar-refractivity contribution < 1.29 is 13.9 Å². The van der Waals surface area contributed by atoms with Crippen LogP contribution in [0.3, 0.4) is 0 Å². The molecule has 4 nitrogen and oxygen atoms in total. The first kappa shape index (κ1) is 16.3. The molecule has 0 aliphatic heterocycles. The van der Waals surface area contributed by atoms with E-state index in [4.69, 9.17) is 20.8 Å². The molecule has 112 valence electrons. The second kappa shape index (κ2) is 7.29. The Morgan fingerprint density at radius 2 is 2.00 bits per heavy atom. The van der Waals surface area contributed by atoms with Gasteiger partial charge in [0.2, 0.25) is 0 Å². The first-order valence-corrected chi connectivity index (χ1v) is 7.80. The van der Waals surface area contributed by atoms with Crippen LogP contribution in [0.4, 0.5) is 0 Å². The van der Waals surface area contributed by atoms with Crippen molar-refractivity contribution in [3.05, 3.63) is 56.5 Å². The topological polar surface area (TPSA) is 51.5 Å². The molecule has 0 unspecified atom stereocenters. The zero-order valence-corrected chi connectivity index (χ0v) is 14.5. The number of rotatable bonds is 5. The molecule has 1 aromatic carbocycles. The Balaban J connectivity index is 2.10. The number of nitrogens with one attached hydrogen (secondary N) is 1. The molecule has 21 heavy (non-hydrogen) atoms. The number of carbonyl (C=O) groups excluding carboxylic acids is 1. The third-order valence-electron chi connectivity index (χ3n) is 3.13. The molecule has 0 radical (unpaired) electrons. The average Bonchev–Trinajstić information content (AvgIpc) is 2.88. The van der Waals surface area contributed by atoms with Gasteiger partial charge in [0.15, 0.2) is 3.77 Å². The Kier molecular flexibility index (Phi) is 5.66. The van der Waals surface area contributed by atoms with E-state index in [0.717, 1.165) is 5.56 Å². The lowest BCUT2D eigenvalue weighted by atomic mass is 10.0. The predicted octanol–water partition coefficient (Wildman–Crippen LogP) is 4.04. The van der Waals surface area contributed by atoms with Crippen LogP contribution in [-0.2, 0) is 4.74 Å². The van der Waals surface area contributed by atoms with E-state index in [2.05, 4.69) is 5.32 Å². The predicted molar refractivity (Wildman–Crippen MR) is 89.6 cm³/mol. The standard InChI is InChI=1S/C15H15ClINO3/c1-9(18-15(19)12-7-8-21-14(12)17)13(20-2)10-3-5-11(16)6-4-10/h3-9,13H,1-2H3,(H,18,19)/t9-,13+/m0/s1. The molecule has 6 heteroatoms. The van der Waals surface area contributed by atoms with Crippen molar-refractivity contribution in [3.8, 4) is 0 Å². The molecule has 1 amide bonds. The van der Waals surface area contributed by atoms with Gasteiger partial charge in [-0.25, -0.2) is 0 Å². The highest BCUT2D eigenvalue weighted by molar-refractivity contribution is 14.1. The van der Waals surface area contributed by atoms with E-state index < -0.39 is 0 Å². The van der Waals surface area contributed by atoms with E-state index in [1.54, 1.807) is 25.3 Å². The van der Waals surface area contributed by atoms with E-state index in [1.807, 2.05) is 41.6 Å². The summed E-state index contributed by atoms with van der Waals surface area (Å²) in [6, 6.07) is 8.83. The number of hydrogen-bond donors (Lipinski definition) is 1. The van der Waals surface area contributed by atoms with Crippen LogP contribution in [0.15, 0.2) is 41.0 Å². The fourth-order valence-electron chi connectivity index (χ4n) is 2.10. The fourth-order valence-corrected chi connectivity index (χ4v) is 2.79. The number of ether oxygens (including phenoxy) is 1. The average molecular weight is 420 g/mol. The molecular weight excluding hydrogens is 405 g/mol. The molecule has 2 rings (SSSR count). The number of benzene rings is 1. The van der Waals surface area contributed by atoms with Crippen LogP contribution in [0.2, 0.25) is 5.02 Å². The molecule has 1 heterocycles. The van der Waals surface area contributed by atoms with E-state index in [0.29, 0.717) is 14.4 Å². The summed E-state index contributed by atoms with van der Waals surface area (Å²) in [7, 11) is 1.61. The molecule has 0 aliphatic carbocycles. The van der Waals surface area contributed by atoms with Gasteiger partial charge in [0.05, 0.1) is 17.9 Å². The summed E-state index contributed by atoms with van der Waals surface area (Å²) in [4.78, 5) is 12.2. The van der Waals surface area contributed by atoms with Gasteiger partial charge in [0, 0.05) is 34.7 Å². The Morgan fingerprint density at radius 1 is 1.33 bits per heavy atom. The minimum atomic E-state index is -0.254. The molecule has 0 aliphatic rings.